The van der Waals surface area contributed by atoms with Crippen molar-refractivity contribution in [1.29, 1.82) is 0 Å². The second-order valence-corrected chi connectivity index (χ2v) is 6.53. The summed E-state index contributed by atoms with van der Waals surface area (Å²) < 4.78 is 18.9. The number of amides is 1. The quantitative estimate of drug-likeness (QED) is 0.807. The van der Waals surface area contributed by atoms with E-state index in [1.165, 1.54) is 5.06 Å². The van der Waals surface area contributed by atoms with E-state index in [-0.39, 0.29) is 24.0 Å². The number of carbonyl (C=O) groups excluding carboxylic acids is 1. The third-order valence-electron chi connectivity index (χ3n) is 4.97. The number of hydroxylamine groups is 2. The van der Waals surface area contributed by atoms with Gasteiger partial charge in [0, 0.05) is 19.7 Å². The van der Waals surface area contributed by atoms with Crippen LogP contribution in [0.1, 0.15) is 25.7 Å². The Kier molecular flexibility index (Phi) is 4.32. The zero-order chi connectivity index (χ0) is 16.5. The van der Waals surface area contributed by atoms with E-state index < -0.39 is 5.82 Å². The van der Waals surface area contributed by atoms with Crippen LogP contribution in [-0.2, 0) is 14.4 Å². The molecule has 8 heteroatoms. The minimum atomic E-state index is -0.468. The molecule has 0 aliphatic carbocycles. The maximum absolute atomic E-state index is 13.1. The van der Waals surface area contributed by atoms with Gasteiger partial charge < -0.3 is 9.64 Å². The van der Waals surface area contributed by atoms with Crippen molar-refractivity contribution >= 4 is 11.9 Å². The third-order valence-corrected chi connectivity index (χ3v) is 4.97. The van der Waals surface area contributed by atoms with Gasteiger partial charge in [0.2, 0.25) is 5.95 Å². The molecule has 0 aromatic carbocycles. The van der Waals surface area contributed by atoms with Gasteiger partial charge >= 0.3 is 0 Å². The fourth-order valence-corrected chi connectivity index (χ4v) is 3.78. The van der Waals surface area contributed by atoms with Gasteiger partial charge in [-0.25, -0.2) is 19.4 Å². The van der Waals surface area contributed by atoms with Crippen molar-refractivity contribution in [3.8, 4) is 0 Å². The SMILES string of the molecule is O=C([C@H]1C[C@H]2OCC[C@H]2N(c2ncc(F)cn2)C1)N1CCCCO1. The molecule has 24 heavy (non-hydrogen) atoms. The summed E-state index contributed by atoms with van der Waals surface area (Å²) >= 11 is 0. The summed E-state index contributed by atoms with van der Waals surface area (Å²) in [5, 5.41) is 1.49. The van der Waals surface area contributed by atoms with Crippen molar-refractivity contribution in [3.05, 3.63) is 18.2 Å². The monoisotopic (exact) mass is 336 g/mol. The first-order valence-corrected chi connectivity index (χ1v) is 8.52. The van der Waals surface area contributed by atoms with Gasteiger partial charge in [-0.15, -0.1) is 0 Å². The summed E-state index contributed by atoms with van der Waals surface area (Å²) in [5.41, 5.74) is 0. The number of rotatable bonds is 2. The van der Waals surface area contributed by atoms with Crippen molar-refractivity contribution in [2.45, 2.75) is 37.8 Å². The van der Waals surface area contributed by atoms with Gasteiger partial charge in [0.15, 0.2) is 5.82 Å². The lowest BCUT2D eigenvalue weighted by atomic mass is 9.89. The summed E-state index contributed by atoms with van der Waals surface area (Å²) in [7, 11) is 0. The molecule has 7 nitrogen and oxygen atoms in total. The average Bonchev–Trinajstić information content (AvgIpc) is 3.10. The van der Waals surface area contributed by atoms with Gasteiger partial charge in [0.05, 0.1) is 37.1 Å². The predicted molar refractivity (Wildman–Crippen MR) is 82.5 cm³/mol. The van der Waals surface area contributed by atoms with Crippen molar-refractivity contribution in [3.63, 3.8) is 0 Å². The smallest absolute Gasteiger partial charge is 0.251 e. The Morgan fingerprint density at radius 2 is 2.08 bits per heavy atom. The van der Waals surface area contributed by atoms with E-state index in [0.29, 0.717) is 38.7 Å². The van der Waals surface area contributed by atoms with Crippen LogP contribution in [0, 0.1) is 11.7 Å². The molecular formula is C16H21FN4O3. The number of hydrogen-bond donors (Lipinski definition) is 0. The molecule has 0 radical (unpaired) electrons. The number of halogens is 1. The number of aromatic nitrogens is 2. The molecule has 1 aromatic rings. The Labute approximate surface area is 139 Å². The van der Waals surface area contributed by atoms with Crippen LogP contribution in [0.25, 0.3) is 0 Å². The number of ether oxygens (including phenoxy) is 1. The van der Waals surface area contributed by atoms with Crippen molar-refractivity contribution in [2.75, 3.05) is 31.2 Å². The van der Waals surface area contributed by atoms with Crippen LogP contribution in [0.15, 0.2) is 12.4 Å². The van der Waals surface area contributed by atoms with Crippen LogP contribution in [0.4, 0.5) is 10.3 Å². The van der Waals surface area contributed by atoms with Crippen LogP contribution in [0.2, 0.25) is 0 Å². The number of hydrogen-bond acceptors (Lipinski definition) is 6. The Bertz CT molecular complexity index is 593. The Balaban J connectivity index is 1.54. The van der Waals surface area contributed by atoms with E-state index in [4.69, 9.17) is 9.57 Å². The molecule has 3 saturated heterocycles. The lowest BCUT2D eigenvalue weighted by Gasteiger charge is -2.41. The molecule has 0 unspecified atom stereocenters. The standard InChI is InChI=1S/C16H21FN4O3/c17-12-8-18-16(19-9-12)20-10-11(7-14-13(20)3-6-23-14)15(22)21-4-1-2-5-24-21/h8-9,11,13-14H,1-7,10H2/t11-,13+,14+/m0/s1. The number of anilines is 1. The summed E-state index contributed by atoms with van der Waals surface area (Å²) in [5.74, 6) is -0.245. The molecule has 4 heterocycles. The molecule has 0 spiro atoms. The Morgan fingerprint density at radius 3 is 2.83 bits per heavy atom. The number of fused-ring (bicyclic) bond motifs is 1. The van der Waals surface area contributed by atoms with Gasteiger partial charge in [-0.1, -0.05) is 0 Å². The molecule has 4 rings (SSSR count). The molecule has 1 amide bonds. The molecule has 130 valence electrons. The highest BCUT2D eigenvalue weighted by molar-refractivity contribution is 5.79. The predicted octanol–water partition coefficient (Wildman–Crippen LogP) is 1.15. The van der Waals surface area contributed by atoms with Crippen molar-refractivity contribution < 1.29 is 18.8 Å². The zero-order valence-electron chi connectivity index (χ0n) is 13.4. The molecule has 3 fully saturated rings. The topological polar surface area (TPSA) is 67.8 Å². The normalized spacial score (nSPS) is 30.3. The summed E-state index contributed by atoms with van der Waals surface area (Å²) in [6.07, 6.45) is 5.79. The molecule has 0 N–H and O–H groups in total. The number of nitrogens with zero attached hydrogens (tertiary/aromatic N) is 4. The average molecular weight is 336 g/mol. The molecular weight excluding hydrogens is 315 g/mol. The van der Waals surface area contributed by atoms with E-state index in [2.05, 4.69) is 9.97 Å². The molecule has 3 aliphatic rings. The summed E-state index contributed by atoms with van der Waals surface area (Å²) in [6, 6.07) is 0.141. The second-order valence-electron chi connectivity index (χ2n) is 6.53. The Morgan fingerprint density at radius 1 is 1.25 bits per heavy atom. The second kappa shape index (κ2) is 6.60. The van der Waals surface area contributed by atoms with Crippen LogP contribution in [-0.4, -0.2) is 59.4 Å². The van der Waals surface area contributed by atoms with Crippen LogP contribution >= 0.6 is 0 Å². The molecule has 3 aliphatic heterocycles. The molecule has 0 bridgehead atoms. The minimum Gasteiger partial charge on any atom is -0.376 e. The molecule has 0 saturated carbocycles. The highest BCUT2D eigenvalue weighted by Crippen LogP contribution is 2.34. The Hall–Kier alpha value is -1.80. The van der Waals surface area contributed by atoms with Gasteiger partial charge in [0.25, 0.3) is 5.91 Å². The highest BCUT2D eigenvalue weighted by Gasteiger charge is 2.44. The van der Waals surface area contributed by atoms with Crippen LogP contribution in [0.3, 0.4) is 0 Å². The largest absolute Gasteiger partial charge is 0.376 e. The van der Waals surface area contributed by atoms with Crippen molar-refractivity contribution in [1.82, 2.24) is 15.0 Å². The van der Waals surface area contributed by atoms with Crippen LogP contribution < -0.4 is 4.90 Å². The minimum absolute atomic E-state index is 0.00392. The highest BCUT2D eigenvalue weighted by atomic mass is 19.1. The lowest BCUT2D eigenvalue weighted by molar-refractivity contribution is -0.202. The zero-order valence-corrected chi connectivity index (χ0v) is 13.4. The summed E-state index contributed by atoms with van der Waals surface area (Å²) in [4.78, 5) is 28.5. The van der Waals surface area contributed by atoms with E-state index in [9.17, 15) is 9.18 Å². The first-order valence-electron chi connectivity index (χ1n) is 8.52. The van der Waals surface area contributed by atoms with E-state index in [0.717, 1.165) is 31.7 Å². The van der Waals surface area contributed by atoms with Gasteiger partial charge in [-0.05, 0) is 25.7 Å². The number of carbonyl (C=O) groups is 1. The van der Waals surface area contributed by atoms with E-state index in [1.807, 2.05) is 4.90 Å². The van der Waals surface area contributed by atoms with E-state index in [1.54, 1.807) is 0 Å². The molecule has 3 atom stereocenters. The third kappa shape index (κ3) is 2.95. The van der Waals surface area contributed by atoms with E-state index >= 15 is 0 Å². The molecule has 1 aromatic heterocycles. The maximum atomic E-state index is 13.1. The van der Waals surface area contributed by atoms with Gasteiger partial charge in [0.1, 0.15) is 0 Å². The van der Waals surface area contributed by atoms with Crippen molar-refractivity contribution in [2.24, 2.45) is 5.92 Å². The maximum Gasteiger partial charge on any atom is 0.251 e. The van der Waals surface area contributed by atoms with Gasteiger partial charge in [-0.2, -0.15) is 0 Å². The first-order chi connectivity index (χ1) is 11.7. The fourth-order valence-electron chi connectivity index (χ4n) is 3.78. The lowest BCUT2D eigenvalue weighted by Crippen LogP contribution is -2.54. The van der Waals surface area contributed by atoms with Gasteiger partial charge in [-0.3, -0.25) is 9.63 Å². The first kappa shape index (κ1) is 15.7. The number of piperidine rings is 1. The van der Waals surface area contributed by atoms with Crippen LogP contribution in [0.5, 0.6) is 0 Å². The summed E-state index contributed by atoms with van der Waals surface area (Å²) in [6.45, 7) is 2.39. The fraction of sp³-hybridized carbons (Fsp3) is 0.688.